The number of imide groups is 1. The maximum Gasteiger partial charge on any atom is 0.249 e. The topological polar surface area (TPSA) is 82.1 Å². The molecule has 0 spiro atoms. The van der Waals surface area contributed by atoms with Crippen molar-refractivity contribution in [3.05, 3.63) is 94.8 Å². The van der Waals surface area contributed by atoms with Crippen LogP contribution in [0.1, 0.15) is 17.2 Å². The summed E-state index contributed by atoms with van der Waals surface area (Å²) >= 11 is 5.96. The van der Waals surface area contributed by atoms with Gasteiger partial charge in [0.05, 0.1) is 29.8 Å². The van der Waals surface area contributed by atoms with E-state index in [1.807, 2.05) is 24.3 Å². The SMILES string of the molecule is O=C(Nc1ccc(Cl)cc1)[C@H]1[C@H]2C(=O)N(c3ccc(F)cc3)C(=O)[C@H]2C2c3ccccc3C=NN21. The van der Waals surface area contributed by atoms with Gasteiger partial charge in [0.2, 0.25) is 17.7 Å². The Labute approximate surface area is 204 Å². The summed E-state index contributed by atoms with van der Waals surface area (Å²) in [5.41, 5.74) is 2.42. The van der Waals surface area contributed by atoms with Crippen molar-refractivity contribution in [3.63, 3.8) is 0 Å². The van der Waals surface area contributed by atoms with E-state index in [1.54, 1.807) is 35.5 Å². The third-order valence-electron chi connectivity index (χ3n) is 6.76. The van der Waals surface area contributed by atoms with Crippen LogP contribution in [0.5, 0.6) is 0 Å². The molecule has 0 radical (unpaired) electrons. The fraction of sp³-hybridized carbons (Fsp3) is 0.154. The molecule has 3 aromatic carbocycles. The summed E-state index contributed by atoms with van der Waals surface area (Å²) in [6, 6.07) is 17.6. The van der Waals surface area contributed by atoms with Gasteiger partial charge >= 0.3 is 0 Å². The molecule has 6 rings (SSSR count). The highest BCUT2D eigenvalue weighted by Crippen LogP contribution is 2.52. The summed E-state index contributed by atoms with van der Waals surface area (Å²) in [6.07, 6.45) is 1.64. The van der Waals surface area contributed by atoms with E-state index in [0.29, 0.717) is 10.7 Å². The average molecular weight is 489 g/mol. The molecule has 3 heterocycles. The van der Waals surface area contributed by atoms with E-state index in [9.17, 15) is 18.8 Å². The highest BCUT2D eigenvalue weighted by Gasteiger charge is 2.65. The van der Waals surface area contributed by atoms with Crippen LogP contribution in [0.4, 0.5) is 15.8 Å². The third-order valence-corrected chi connectivity index (χ3v) is 7.01. The molecule has 3 amide bonds. The first-order chi connectivity index (χ1) is 16.9. The summed E-state index contributed by atoms with van der Waals surface area (Å²) in [6.45, 7) is 0. The summed E-state index contributed by atoms with van der Waals surface area (Å²) in [5.74, 6) is -3.67. The zero-order valence-electron chi connectivity index (χ0n) is 18.1. The second-order valence-electron chi connectivity index (χ2n) is 8.68. The molecule has 7 nitrogen and oxygen atoms in total. The number of fused-ring (bicyclic) bond motifs is 5. The molecule has 0 bridgehead atoms. The van der Waals surface area contributed by atoms with E-state index in [0.717, 1.165) is 16.0 Å². The quantitative estimate of drug-likeness (QED) is 0.565. The number of halogens is 2. The Morgan fingerprint density at radius 3 is 2.34 bits per heavy atom. The van der Waals surface area contributed by atoms with Gasteiger partial charge in [-0.1, -0.05) is 35.9 Å². The maximum atomic E-state index is 13.7. The maximum absolute atomic E-state index is 13.7. The number of hydrogen-bond acceptors (Lipinski definition) is 5. The van der Waals surface area contributed by atoms with Gasteiger partial charge in [0, 0.05) is 10.7 Å². The molecule has 1 unspecified atom stereocenters. The Morgan fingerprint density at radius 1 is 0.914 bits per heavy atom. The summed E-state index contributed by atoms with van der Waals surface area (Å²) < 4.78 is 13.5. The summed E-state index contributed by atoms with van der Waals surface area (Å²) in [7, 11) is 0. The average Bonchev–Trinajstić information content (AvgIpc) is 3.34. The predicted octanol–water partition coefficient (Wildman–Crippen LogP) is 4.00. The molecular formula is C26H18ClFN4O3. The van der Waals surface area contributed by atoms with Crippen LogP contribution in [0.3, 0.4) is 0 Å². The van der Waals surface area contributed by atoms with Crippen LogP contribution in [-0.2, 0) is 14.4 Å². The molecule has 3 aliphatic heterocycles. The van der Waals surface area contributed by atoms with E-state index < -0.39 is 47.5 Å². The standard InChI is InChI=1S/C26H18ClFN4O3/c27-15-5-9-17(10-6-15)30-24(33)23-21-20(22-19-4-2-1-3-14(19)13-29-32(22)23)25(34)31(26(21)35)18-11-7-16(28)8-12-18/h1-13,20-23H,(H,30,33)/t20-,21+,22?,23-/m1/s1. The number of nitrogens with zero attached hydrogens (tertiary/aromatic N) is 3. The van der Waals surface area contributed by atoms with Crippen LogP contribution in [0, 0.1) is 17.7 Å². The molecule has 174 valence electrons. The summed E-state index contributed by atoms with van der Waals surface area (Å²) in [5, 5.41) is 9.43. The lowest BCUT2D eigenvalue weighted by Crippen LogP contribution is -2.46. The number of hydrazone groups is 1. The first-order valence-electron chi connectivity index (χ1n) is 11.0. The lowest BCUT2D eigenvalue weighted by Gasteiger charge is -2.33. The van der Waals surface area contributed by atoms with Gasteiger partial charge in [0.15, 0.2) is 0 Å². The highest BCUT2D eigenvalue weighted by molar-refractivity contribution is 6.30. The minimum Gasteiger partial charge on any atom is -0.324 e. The van der Waals surface area contributed by atoms with Gasteiger partial charge in [-0.2, -0.15) is 5.10 Å². The van der Waals surface area contributed by atoms with Crippen LogP contribution < -0.4 is 10.2 Å². The number of nitrogens with one attached hydrogen (secondary N) is 1. The van der Waals surface area contributed by atoms with Gasteiger partial charge < -0.3 is 5.32 Å². The molecule has 4 atom stereocenters. The molecule has 0 saturated carbocycles. The van der Waals surface area contributed by atoms with E-state index in [1.165, 1.54) is 24.3 Å². The molecule has 9 heteroatoms. The zero-order chi connectivity index (χ0) is 24.3. The number of carbonyl (C=O) groups is 3. The molecular weight excluding hydrogens is 471 g/mol. The van der Waals surface area contributed by atoms with Gasteiger partial charge in [-0.05, 0) is 59.7 Å². The zero-order valence-corrected chi connectivity index (χ0v) is 18.9. The number of carbonyl (C=O) groups excluding carboxylic acids is 3. The van der Waals surface area contributed by atoms with E-state index in [2.05, 4.69) is 10.4 Å². The van der Waals surface area contributed by atoms with Gasteiger partial charge in [0.1, 0.15) is 11.9 Å². The monoisotopic (exact) mass is 488 g/mol. The molecule has 2 fully saturated rings. The van der Waals surface area contributed by atoms with E-state index >= 15 is 0 Å². The van der Waals surface area contributed by atoms with Gasteiger partial charge in [-0.3, -0.25) is 19.4 Å². The normalized spacial score (nSPS) is 24.3. The first kappa shape index (κ1) is 21.5. The van der Waals surface area contributed by atoms with Crippen molar-refractivity contribution in [3.8, 4) is 0 Å². The number of hydrogen-bond donors (Lipinski definition) is 1. The second-order valence-corrected chi connectivity index (χ2v) is 9.12. The molecule has 2 saturated heterocycles. The molecule has 0 aromatic heterocycles. The number of amides is 3. The number of anilines is 2. The van der Waals surface area contributed by atoms with Crippen LogP contribution in [0.15, 0.2) is 77.9 Å². The Kier molecular flexibility index (Phi) is 4.93. The highest BCUT2D eigenvalue weighted by atomic mass is 35.5. The van der Waals surface area contributed by atoms with Crippen molar-refractivity contribution in [1.29, 1.82) is 0 Å². The molecule has 35 heavy (non-hydrogen) atoms. The lowest BCUT2D eigenvalue weighted by molar-refractivity contribution is -0.129. The van der Waals surface area contributed by atoms with Crippen molar-refractivity contribution in [2.45, 2.75) is 12.1 Å². The van der Waals surface area contributed by atoms with Crippen molar-refractivity contribution in [2.24, 2.45) is 16.9 Å². The van der Waals surface area contributed by atoms with Gasteiger partial charge in [-0.15, -0.1) is 0 Å². The van der Waals surface area contributed by atoms with Crippen LogP contribution in [0.2, 0.25) is 5.02 Å². The lowest BCUT2D eigenvalue weighted by atomic mass is 9.85. The Hall–Kier alpha value is -4.04. The van der Waals surface area contributed by atoms with Crippen LogP contribution in [-0.4, -0.2) is 35.0 Å². The van der Waals surface area contributed by atoms with E-state index in [4.69, 9.17) is 11.6 Å². The fourth-order valence-corrected chi connectivity index (χ4v) is 5.39. The minimum absolute atomic E-state index is 0.270. The Morgan fingerprint density at radius 2 is 1.60 bits per heavy atom. The van der Waals surface area contributed by atoms with E-state index in [-0.39, 0.29) is 5.69 Å². The minimum atomic E-state index is -1.02. The van der Waals surface area contributed by atoms with Crippen molar-refractivity contribution in [2.75, 3.05) is 10.2 Å². The smallest absolute Gasteiger partial charge is 0.249 e. The summed E-state index contributed by atoms with van der Waals surface area (Å²) in [4.78, 5) is 42.0. The molecule has 3 aliphatic rings. The van der Waals surface area contributed by atoms with Crippen molar-refractivity contribution in [1.82, 2.24) is 5.01 Å². The van der Waals surface area contributed by atoms with Crippen LogP contribution >= 0.6 is 11.6 Å². The molecule has 3 aromatic rings. The fourth-order valence-electron chi connectivity index (χ4n) is 5.26. The van der Waals surface area contributed by atoms with Crippen molar-refractivity contribution < 1.29 is 18.8 Å². The van der Waals surface area contributed by atoms with Gasteiger partial charge in [0.25, 0.3) is 0 Å². The largest absolute Gasteiger partial charge is 0.324 e. The van der Waals surface area contributed by atoms with Crippen molar-refractivity contribution >= 4 is 46.9 Å². The predicted molar refractivity (Wildman–Crippen MR) is 128 cm³/mol. The molecule has 0 aliphatic carbocycles. The number of rotatable bonds is 3. The third kappa shape index (κ3) is 3.32. The Balaban J connectivity index is 1.43. The van der Waals surface area contributed by atoms with Gasteiger partial charge in [-0.25, -0.2) is 9.29 Å². The first-order valence-corrected chi connectivity index (χ1v) is 11.4. The Bertz CT molecular complexity index is 1390. The van der Waals surface area contributed by atoms with Crippen LogP contribution in [0.25, 0.3) is 0 Å². The number of benzene rings is 3. The second kappa shape index (κ2) is 8.02. The molecule has 1 N–H and O–H groups in total.